The summed E-state index contributed by atoms with van der Waals surface area (Å²) in [7, 11) is -3.36. The number of rotatable bonds is 5. The lowest BCUT2D eigenvalue weighted by Gasteiger charge is -2.12. The zero-order chi connectivity index (χ0) is 24.3. The predicted octanol–water partition coefficient (Wildman–Crippen LogP) is 5.17. The van der Waals surface area contributed by atoms with Crippen LogP contribution in [0, 0.1) is 22.9 Å². The molecule has 34 heavy (non-hydrogen) atoms. The lowest BCUT2D eigenvalue weighted by molar-refractivity contribution is 0.102. The van der Waals surface area contributed by atoms with E-state index in [9.17, 15) is 13.4 Å². The highest BCUT2D eigenvalue weighted by Crippen LogP contribution is 2.28. The van der Waals surface area contributed by atoms with Gasteiger partial charge in [0.1, 0.15) is 15.5 Å². The topological polar surface area (TPSA) is 109 Å². The van der Waals surface area contributed by atoms with Crippen LogP contribution < -0.4 is 11.1 Å². The Morgan fingerprint density at radius 3 is 2.32 bits per heavy atom. The van der Waals surface area contributed by atoms with Crippen molar-refractivity contribution in [3.63, 3.8) is 0 Å². The Morgan fingerprint density at radius 1 is 0.971 bits per heavy atom. The van der Waals surface area contributed by atoms with Crippen molar-refractivity contribution in [1.29, 1.82) is 4.78 Å². The number of nitrogens with zero attached hydrogens (tertiary/aromatic N) is 1. The number of carbonyl (C=O) groups excluding carboxylic acids is 1. The van der Waals surface area contributed by atoms with Crippen molar-refractivity contribution >= 4 is 27.0 Å². The number of anilines is 2. The van der Waals surface area contributed by atoms with Crippen LogP contribution >= 0.6 is 0 Å². The molecule has 6 nitrogen and oxygen atoms in total. The van der Waals surface area contributed by atoms with Crippen molar-refractivity contribution in [2.45, 2.75) is 9.79 Å². The third-order valence-corrected chi connectivity index (χ3v) is 6.96. The maximum atomic E-state index is 13.2. The average Bonchev–Trinajstić information content (AvgIpc) is 2.86. The molecule has 4 N–H and O–H groups in total. The molecule has 4 rings (SSSR count). The first kappa shape index (κ1) is 22.7. The summed E-state index contributed by atoms with van der Waals surface area (Å²) in [6.07, 6.45) is 8.15. The summed E-state index contributed by atoms with van der Waals surface area (Å²) in [6.45, 7) is 0. The summed E-state index contributed by atoms with van der Waals surface area (Å²) in [5.74, 6) is 1.64. The molecule has 4 aromatic rings. The van der Waals surface area contributed by atoms with Crippen LogP contribution in [0.3, 0.4) is 0 Å². The SMILES string of the molecule is C#Cc1cncc(S(=N)(=O)c2ccc(C(=O)Nc3cc(-c4ccc(F)cc4)ccc3N)cc2)c1. The summed E-state index contributed by atoms with van der Waals surface area (Å²) in [5, 5.41) is 2.76. The van der Waals surface area contributed by atoms with Gasteiger partial charge >= 0.3 is 0 Å². The number of amides is 1. The number of aromatic nitrogens is 1. The van der Waals surface area contributed by atoms with Gasteiger partial charge in [0.05, 0.1) is 21.2 Å². The number of halogens is 1. The first-order valence-electron chi connectivity index (χ1n) is 10.1. The first-order valence-corrected chi connectivity index (χ1v) is 11.6. The van der Waals surface area contributed by atoms with E-state index in [0.717, 1.165) is 11.1 Å². The van der Waals surface area contributed by atoms with E-state index in [0.29, 0.717) is 22.5 Å². The molecule has 0 spiro atoms. The number of pyridine rings is 1. The van der Waals surface area contributed by atoms with Crippen LogP contribution in [-0.2, 0) is 9.73 Å². The number of carbonyl (C=O) groups is 1. The monoisotopic (exact) mass is 470 g/mol. The highest BCUT2D eigenvalue weighted by atomic mass is 32.2. The zero-order valence-electron chi connectivity index (χ0n) is 17.8. The van der Waals surface area contributed by atoms with Crippen LogP contribution in [0.2, 0.25) is 0 Å². The summed E-state index contributed by atoms with van der Waals surface area (Å²) in [6, 6.07) is 18.5. The van der Waals surface area contributed by atoms with Crippen LogP contribution in [-0.4, -0.2) is 15.1 Å². The number of nitrogens with two attached hydrogens (primary N) is 1. The van der Waals surface area contributed by atoms with Gasteiger partial charge in [0.2, 0.25) is 0 Å². The Kier molecular flexibility index (Phi) is 6.13. The number of hydrogen-bond acceptors (Lipinski definition) is 5. The van der Waals surface area contributed by atoms with Gasteiger partial charge in [-0.1, -0.05) is 24.1 Å². The van der Waals surface area contributed by atoms with E-state index in [1.165, 1.54) is 54.9 Å². The molecule has 0 saturated heterocycles. The van der Waals surface area contributed by atoms with E-state index >= 15 is 0 Å². The maximum absolute atomic E-state index is 13.2. The van der Waals surface area contributed by atoms with Crippen molar-refractivity contribution in [2.75, 3.05) is 11.1 Å². The molecule has 1 atom stereocenters. The number of benzene rings is 3. The number of terminal acetylenes is 1. The highest BCUT2D eigenvalue weighted by molar-refractivity contribution is 7.92. The van der Waals surface area contributed by atoms with Gasteiger partial charge in [-0.15, -0.1) is 6.42 Å². The molecule has 1 aromatic heterocycles. The Morgan fingerprint density at radius 2 is 1.65 bits per heavy atom. The summed E-state index contributed by atoms with van der Waals surface area (Å²) in [5.41, 5.74) is 9.05. The van der Waals surface area contributed by atoms with E-state index in [2.05, 4.69) is 16.2 Å². The largest absolute Gasteiger partial charge is 0.397 e. The smallest absolute Gasteiger partial charge is 0.255 e. The molecular formula is C26H19FN4O2S. The molecule has 1 unspecified atom stereocenters. The maximum Gasteiger partial charge on any atom is 0.255 e. The molecule has 0 aliphatic rings. The van der Waals surface area contributed by atoms with E-state index in [-0.39, 0.29) is 15.6 Å². The van der Waals surface area contributed by atoms with Gasteiger partial charge in [0.25, 0.3) is 5.91 Å². The summed E-state index contributed by atoms with van der Waals surface area (Å²) in [4.78, 5) is 17.2. The van der Waals surface area contributed by atoms with E-state index < -0.39 is 15.6 Å². The van der Waals surface area contributed by atoms with E-state index in [1.54, 1.807) is 30.3 Å². The number of nitrogen functional groups attached to an aromatic ring is 1. The standard InChI is InChI=1S/C26H19FN4O2S/c1-2-17-13-23(16-30-15-17)34(29,33)22-10-5-19(6-11-22)26(32)31-25-14-20(7-12-24(25)28)18-3-8-21(27)9-4-18/h1,3-16,29H,28H2,(H,31,32). The molecule has 8 heteroatoms. The van der Waals surface area contributed by atoms with Crippen LogP contribution in [0.25, 0.3) is 11.1 Å². The first-order chi connectivity index (χ1) is 16.3. The van der Waals surface area contributed by atoms with Gasteiger partial charge in [-0.2, -0.15) is 0 Å². The summed E-state index contributed by atoms with van der Waals surface area (Å²) >= 11 is 0. The molecular weight excluding hydrogens is 451 g/mol. The Balaban J connectivity index is 1.56. The lowest BCUT2D eigenvalue weighted by atomic mass is 10.0. The Hall–Kier alpha value is -4.48. The molecule has 0 aliphatic carbocycles. The average molecular weight is 471 g/mol. The minimum absolute atomic E-state index is 0.186. The molecule has 0 saturated carbocycles. The Bertz CT molecular complexity index is 1520. The minimum atomic E-state index is -3.36. The molecule has 3 aromatic carbocycles. The van der Waals surface area contributed by atoms with Crippen molar-refractivity contribution < 1.29 is 13.4 Å². The predicted molar refractivity (Wildman–Crippen MR) is 130 cm³/mol. The molecule has 0 bridgehead atoms. The number of nitrogens with one attached hydrogen (secondary N) is 2. The van der Waals surface area contributed by atoms with Crippen molar-refractivity contribution in [3.05, 3.63) is 102 Å². The molecule has 0 aliphatic heterocycles. The second-order valence-electron chi connectivity index (χ2n) is 7.40. The van der Waals surface area contributed by atoms with Crippen molar-refractivity contribution in [2.24, 2.45) is 0 Å². The fourth-order valence-electron chi connectivity index (χ4n) is 3.27. The van der Waals surface area contributed by atoms with Gasteiger partial charge < -0.3 is 11.1 Å². The van der Waals surface area contributed by atoms with Gasteiger partial charge in [-0.25, -0.2) is 13.4 Å². The molecule has 1 heterocycles. The highest BCUT2D eigenvalue weighted by Gasteiger charge is 2.16. The lowest BCUT2D eigenvalue weighted by Crippen LogP contribution is -2.13. The molecule has 0 fully saturated rings. The van der Waals surface area contributed by atoms with Gasteiger partial charge in [-0.05, 0) is 65.7 Å². The fourth-order valence-corrected chi connectivity index (χ4v) is 4.56. The second-order valence-corrected chi connectivity index (χ2v) is 9.45. The second kappa shape index (κ2) is 9.17. The van der Waals surface area contributed by atoms with Crippen LogP contribution in [0.15, 0.2) is 95.0 Å². The Labute approximate surface area is 196 Å². The van der Waals surface area contributed by atoms with Crippen LogP contribution in [0.1, 0.15) is 15.9 Å². The van der Waals surface area contributed by atoms with Crippen LogP contribution in [0.5, 0.6) is 0 Å². The van der Waals surface area contributed by atoms with E-state index in [1.807, 2.05) is 0 Å². The number of hydrogen-bond donors (Lipinski definition) is 3. The summed E-state index contributed by atoms with van der Waals surface area (Å²) < 4.78 is 34.7. The quantitative estimate of drug-likeness (QED) is 0.276. The molecule has 1 amide bonds. The molecule has 0 radical (unpaired) electrons. The van der Waals surface area contributed by atoms with Crippen molar-refractivity contribution in [1.82, 2.24) is 4.98 Å². The van der Waals surface area contributed by atoms with Gasteiger partial charge in [-0.3, -0.25) is 9.78 Å². The normalized spacial score (nSPS) is 12.4. The minimum Gasteiger partial charge on any atom is -0.397 e. The van der Waals surface area contributed by atoms with Gasteiger partial charge in [0, 0.05) is 23.5 Å². The fraction of sp³-hybridized carbons (Fsp3) is 0. The third kappa shape index (κ3) is 4.65. The van der Waals surface area contributed by atoms with E-state index in [4.69, 9.17) is 16.9 Å². The van der Waals surface area contributed by atoms with Crippen LogP contribution in [0.4, 0.5) is 15.8 Å². The van der Waals surface area contributed by atoms with Crippen molar-refractivity contribution in [3.8, 4) is 23.5 Å². The molecule has 168 valence electrons. The third-order valence-electron chi connectivity index (χ3n) is 5.14. The zero-order valence-corrected chi connectivity index (χ0v) is 18.6. The van der Waals surface area contributed by atoms with Gasteiger partial charge in [0.15, 0.2) is 0 Å².